The van der Waals surface area contributed by atoms with Gasteiger partial charge in [-0.1, -0.05) is 23.5 Å². The van der Waals surface area contributed by atoms with Gasteiger partial charge in [0, 0.05) is 22.9 Å². The summed E-state index contributed by atoms with van der Waals surface area (Å²) in [5, 5.41) is 8.85. The Kier molecular flexibility index (Phi) is 7.55. The predicted octanol–water partition coefficient (Wildman–Crippen LogP) is 4.51. The number of aryl methyl sites for hydroxylation is 2. The van der Waals surface area contributed by atoms with Crippen LogP contribution in [0.15, 0.2) is 22.4 Å². The molecule has 0 radical (unpaired) electrons. The summed E-state index contributed by atoms with van der Waals surface area (Å²) >= 11 is 1.42. The van der Waals surface area contributed by atoms with Crippen LogP contribution in [0.5, 0.6) is 0 Å². The van der Waals surface area contributed by atoms with Crippen LogP contribution in [0.3, 0.4) is 0 Å². The van der Waals surface area contributed by atoms with Crippen LogP contribution in [0.2, 0.25) is 0 Å². The third-order valence-corrected chi connectivity index (χ3v) is 5.44. The summed E-state index contributed by atoms with van der Waals surface area (Å²) in [5.41, 5.74) is -2.17. The molecular weight excluding hydrogens is 458 g/mol. The molecule has 6 nitrogen and oxygen atoms in total. The predicted molar refractivity (Wildman–Crippen MR) is 96.1 cm³/mol. The van der Waals surface area contributed by atoms with Crippen molar-refractivity contribution in [1.29, 1.82) is 0 Å². The fourth-order valence-corrected chi connectivity index (χ4v) is 4.16. The second kappa shape index (κ2) is 9.37. The fraction of sp³-hybridized carbons (Fsp3) is 0.438. The number of aliphatic carboxylic acids is 1. The number of halogens is 6. The van der Waals surface area contributed by atoms with Crippen molar-refractivity contribution in [2.45, 2.75) is 36.5 Å². The van der Waals surface area contributed by atoms with Crippen LogP contribution < -0.4 is 0 Å². The molecule has 0 aliphatic heterocycles. The quantitative estimate of drug-likeness (QED) is 0.358. The SMILES string of the molecule is Cc1cc(C(F)(F)F)nc(SCC(CSc2nc(C)cc(C(F)(F)F)n2)C(=O)O)n1. The first-order valence-electron chi connectivity index (χ1n) is 8.10. The number of carbonyl (C=O) groups is 1. The molecule has 0 saturated heterocycles. The molecule has 0 aliphatic carbocycles. The monoisotopic (exact) mass is 472 g/mol. The van der Waals surface area contributed by atoms with E-state index in [9.17, 15) is 36.2 Å². The molecule has 0 fully saturated rings. The first-order chi connectivity index (χ1) is 13.8. The molecule has 0 aliphatic rings. The van der Waals surface area contributed by atoms with Crippen molar-refractivity contribution >= 4 is 29.5 Å². The third kappa shape index (κ3) is 7.00. The highest BCUT2D eigenvalue weighted by atomic mass is 32.2. The number of nitrogens with zero attached hydrogens (tertiary/aromatic N) is 4. The molecule has 14 heteroatoms. The Bertz CT molecular complexity index is 856. The highest BCUT2D eigenvalue weighted by Gasteiger charge is 2.34. The van der Waals surface area contributed by atoms with Crippen molar-refractivity contribution in [3.05, 3.63) is 34.9 Å². The number of hydrogen-bond donors (Lipinski definition) is 1. The lowest BCUT2D eigenvalue weighted by Gasteiger charge is -2.13. The van der Waals surface area contributed by atoms with Gasteiger partial charge in [0.1, 0.15) is 11.4 Å². The van der Waals surface area contributed by atoms with Crippen molar-refractivity contribution in [3.63, 3.8) is 0 Å². The third-order valence-electron chi connectivity index (χ3n) is 3.42. The molecule has 1 N–H and O–H groups in total. The zero-order valence-corrected chi connectivity index (χ0v) is 17.0. The van der Waals surface area contributed by atoms with E-state index in [2.05, 4.69) is 19.9 Å². The number of thioether (sulfide) groups is 2. The number of rotatable bonds is 7. The van der Waals surface area contributed by atoms with Gasteiger partial charge in [0.25, 0.3) is 0 Å². The topological polar surface area (TPSA) is 88.9 Å². The summed E-state index contributed by atoms with van der Waals surface area (Å²) in [4.78, 5) is 25.9. The first kappa shape index (κ1) is 24.2. The number of hydrogen-bond acceptors (Lipinski definition) is 7. The van der Waals surface area contributed by atoms with Gasteiger partial charge in [-0.05, 0) is 26.0 Å². The number of alkyl halides is 6. The molecule has 0 bridgehead atoms. The van der Waals surface area contributed by atoms with Gasteiger partial charge < -0.3 is 5.11 Å². The summed E-state index contributed by atoms with van der Waals surface area (Å²) in [6.07, 6.45) is -9.35. The normalized spacial score (nSPS) is 12.4. The Balaban J connectivity index is 2.09. The second-order valence-electron chi connectivity index (χ2n) is 6.01. The summed E-state index contributed by atoms with van der Waals surface area (Å²) in [7, 11) is 0. The molecule has 164 valence electrons. The smallest absolute Gasteiger partial charge is 0.433 e. The molecule has 2 aromatic heterocycles. The molecule has 0 amide bonds. The van der Waals surface area contributed by atoms with E-state index in [-0.39, 0.29) is 33.2 Å². The highest BCUT2D eigenvalue weighted by Crippen LogP contribution is 2.31. The number of aromatic nitrogens is 4. The average molecular weight is 472 g/mol. The molecule has 0 aromatic carbocycles. The van der Waals surface area contributed by atoms with Gasteiger partial charge in [0.05, 0.1) is 5.92 Å². The Morgan fingerprint density at radius 1 is 0.867 bits per heavy atom. The average Bonchev–Trinajstić information content (AvgIpc) is 2.59. The zero-order valence-electron chi connectivity index (χ0n) is 15.4. The lowest BCUT2D eigenvalue weighted by Crippen LogP contribution is -2.20. The van der Waals surface area contributed by atoms with Crippen molar-refractivity contribution in [3.8, 4) is 0 Å². The van der Waals surface area contributed by atoms with Crippen LogP contribution in [0.1, 0.15) is 22.8 Å². The maximum absolute atomic E-state index is 12.8. The van der Waals surface area contributed by atoms with Crippen molar-refractivity contribution in [1.82, 2.24) is 19.9 Å². The molecular formula is C16H14F6N4O2S2. The molecule has 0 spiro atoms. The summed E-state index contributed by atoms with van der Waals surface area (Å²) in [6.45, 7) is 2.69. The Morgan fingerprint density at radius 2 is 1.23 bits per heavy atom. The van der Waals surface area contributed by atoms with E-state index < -0.39 is 35.6 Å². The van der Waals surface area contributed by atoms with Crippen molar-refractivity contribution in [2.75, 3.05) is 11.5 Å². The number of carboxylic acid groups (broad SMARTS) is 1. The van der Waals surface area contributed by atoms with Gasteiger partial charge in [0.15, 0.2) is 10.3 Å². The van der Waals surface area contributed by atoms with E-state index in [0.717, 1.165) is 12.1 Å². The zero-order chi connectivity index (χ0) is 22.7. The highest BCUT2D eigenvalue weighted by molar-refractivity contribution is 8.00. The van der Waals surface area contributed by atoms with Gasteiger partial charge >= 0.3 is 18.3 Å². The molecule has 0 unspecified atom stereocenters. The lowest BCUT2D eigenvalue weighted by molar-refractivity contribution is -0.142. The van der Waals surface area contributed by atoms with Crippen LogP contribution in [-0.2, 0) is 17.1 Å². The maximum atomic E-state index is 12.8. The molecule has 2 rings (SSSR count). The van der Waals surface area contributed by atoms with Gasteiger partial charge in [-0.2, -0.15) is 26.3 Å². The molecule has 30 heavy (non-hydrogen) atoms. The van der Waals surface area contributed by atoms with Gasteiger partial charge in [-0.25, -0.2) is 19.9 Å². The van der Waals surface area contributed by atoms with Gasteiger partial charge in [-0.3, -0.25) is 4.79 Å². The minimum atomic E-state index is -4.68. The maximum Gasteiger partial charge on any atom is 0.433 e. The molecule has 2 aromatic rings. The molecule has 0 saturated carbocycles. The summed E-state index contributed by atoms with van der Waals surface area (Å²) < 4.78 is 77.0. The van der Waals surface area contributed by atoms with Crippen LogP contribution in [-0.4, -0.2) is 42.5 Å². The Labute approximate surface area is 174 Å². The van der Waals surface area contributed by atoms with Crippen LogP contribution in [0.4, 0.5) is 26.3 Å². The van der Waals surface area contributed by atoms with Crippen LogP contribution in [0.25, 0.3) is 0 Å². The van der Waals surface area contributed by atoms with Crippen molar-refractivity contribution in [2.24, 2.45) is 5.92 Å². The van der Waals surface area contributed by atoms with E-state index in [1.54, 1.807) is 0 Å². The fourth-order valence-electron chi connectivity index (χ4n) is 2.04. The van der Waals surface area contributed by atoms with Gasteiger partial charge in [-0.15, -0.1) is 0 Å². The summed E-state index contributed by atoms with van der Waals surface area (Å²) in [6, 6.07) is 1.53. The number of carboxylic acids is 1. The minimum Gasteiger partial charge on any atom is -0.481 e. The first-order valence-corrected chi connectivity index (χ1v) is 10.1. The largest absolute Gasteiger partial charge is 0.481 e. The standard InChI is InChI=1S/C16H14F6N4O2S2/c1-7-3-10(15(17,18)19)25-13(23-7)29-5-9(12(27)28)6-30-14-24-8(2)4-11(26-14)16(20,21)22/h3-4,9H,5-6H2,1-2H3,(H,27,28). The van der Waals surface area contributed by atoms with Crippen LogP contribution in [0, 0.1) is 19.8 Å². The Hall–Kier alpha value is -2.09. The van der Waals surface area contributed by atoms with Crippen LogP contribution >= 0.6 is 23.5 Å². The van der Waals surface area contributed by atoms with E-state index in [4.69, 9.17) is 0 Å². The second-order valence-corrected chi connectivity index (χ2v) is 7.98. The summed E-state index contributed by atoms with van der Waals surface area (Å²) in [5.74, 6) is -2.78. The van der Waals surface area contributed by atoms with Gasteiger partial charge in [0.2, 0.25) is 0 Å². The minimum absolute atomic E-state index is 0.0638. The lowest BCUT2D eigenvalue weighted by atomic mass is 10.2. The van der Waals surface area contributed by atoms with E-state index in [0.29, 0.717) is 23.5 Å². The molecule has 2 heterocycles. The van der Waals surface area contributed by atoms with E-state index in [1.165, 1.54) is 13.8 Å². The van der Waals surface area contributed by atoms with E-state index >= 15 is 0 Å². The van der Waals surface area contributed by atoms with E-state index in [1.807, 2.05) is 0 Å². The molecule has 0 atom stereocenters. The Morgan fingerprint density at radius 3 is 1.53 bits per heavy atom. The van der Waals surface area contributed by atoms with Crippen molar-refractivity contribution < 1.29 is 36.2 Å².